The fraction of sp³-hybridized carbons (Fsp3) is 0.474. The number of nitrogens with one attached hydrogen (secondary N) is 1. The third-order valence-corrected chi connectivity index (χ3v) is 4.30. The summed E-state index contributed by atoms with van der Waals surface area (Å²) in [7, 11) is 0. The maximum Gasteiger partial charge on any atom is 0.311 e. The molecule has 0 spiro atoms. The number of hydrogen-bond donors (Lipinski definition) is 3. The predicted molar refractivity (Wildman–Crippen MR) is 105 cm³/mol. The van der Waals surface area contributed by atoms with E-state index >= 15 is 0 Å². The number of nitrogens with two attached hydrogens (primary N) is 1. The molecule has 1 aromatic carbocycles. The second-order valence-corrected chi connectivity index (χ2v) is 6.68. The van der Waals surface area contributed by atoms with E-state index in [1.54, 1.807) is 12.1 Å². The highest BCUT2D eigenvalue weighted by Crippen LogP contribution is 2.13. The van der Waals surface area contributed by atoms with Gasteiger partial charge >= 0.3 is 5.97 Å². The highest BCUT2D eigenvalue weighted by molar-refractivity contribution is 7.80. The van der Waals surface area contributed by atoms with Crippen molar-refractivity contribution < 1.29 is 23.9 Å². The van der Waals surface area contributed by atoms with E-state index in [0.29, 0.717) is 5.75 Å². The molecule has 0 saturated carbocycles. The van der Waals surface area contributed by atoms with Gasteiger partial charge < -0.3 is 15.8 Å². The van der Waals surface area contributed by atoms with E-state index in [1.807, 2.05) is 19.1 Å². The molecule has 0 fully saturated rings. The van der Waals surface area contributed by atoms with Gasteiger partial charge in [-0.2, -0.15) is 12.6 Å². The molecule has 0 aliphatic heterocycles. The zero-order chi connectivity index (χ0) is 20.4. The summed E-state index contributed by atoms with van der Waals surface area (Å²) < 4.78 is 5.16. The van der Waals surface area contributed by atoms with Crippen molar-refractivity contribution in [3.05, 3.63) is 29.8 Å². The average molecular weight is 394 g/mol. The Hall–Kier alpha value is -2.19. The molecule has 0 heterocycles. The van der Waals surface area contributed by atoms with E-state index in [1.165, 1.54) is 6.92 Å². The number of ether oxygens (including phenoxy) is 1. The van der Waals surface area contributed by atoms with E-state index < -0.39 is 18.1 Å². The van der Waals surface area contributed by atoms with Crippen molar-refractivity contribution >= 4 is 36.1 Å². The number of amides is 1. The van der Waals surface area contributed by atoms with Crippen molar-refractivity contribution in [1.29, 1.82) is 0 Å². The molecule has 1 aromatic rings. The standard InChI is InChI=1S/C19H26N2O5S/c1-12-3-5-14(6-4-12)26-19(25)10-8-17(23)16(11-27)21-18(24)9-7-15(20)13(2)22/h3-6,15-16,27H,7-11,20H2,1-2H3,(H,21,24). The number of rotatable bonds is 11. The first kappa shape index (κ1) is 22.9. The predicted octanol–water partition coefficient (Wildman–Crippen LogP) is 1.36. The van der Waals surface area contributed by atoms with Crippen LogP contribution < -0.4 is 15.8 Å². The maximum absolute atomic E-state index is 12.2. The van der Waals surface area contributed by atoms with Crippen molar-refractivity contribution in [1.82, 2.24) is 5.32 Å². The van der Waals surface area contributed by atoms with Crippen molar-refractivity contribution in [2.75, 3.05) is 5.75 Å². The van der Waals surface area contributed by atoms with Gasteiger partial charge in [-0.3, -0.25) is 19.2 Å². The highest BCUT2D eigenvalue weighted by Gasteiger charge is 2.21. The third kappa shape index (κ3) is 8.83. The molecule has 3 N–H and O–H groups in total. The SMILES string of the molecule is CC(=O)C(N)CCC(=O)NC(CS)C(=O)CCC(=O)Oc1ccc(C)cc1. The van der Waals surface area contributed by atoms with E-state index in [2.05, 4.69) is 17.9 Å². The quantitative estimate of drug-likeness (QED) is 0.297. The fourth-order valence-corrected chi connectivity index (χ4v) is 2.47. The van der Waals surface area contributed by atoms with Gasteiger partial charge in [-0.25, -0.2) is 0 Å². The summed E-state index contributed by atoms with van der Waals surface area (Å²) in [4.78, 5) is 47.0. The first-order valence-electron chi connectivity index (χ1n) is 8.69. The molecule has 2 unspecified atom stereocenters. The van der Waals surface area contributed by atoms with Crippen molar-refractivity contribution in [2.24, 2.45) is 5.73 Å². The van der Waals surface area contributed by atoms with Crippen molar-refractivity contribution in [2.45, 2.75) is 51.6 Å². The first-order chi connectivity index (χ1) is 12.7. The number of Topliss-reactive ketones (excluding diaryl/α,β-unsaturated/α-hetero) is 2. The first-order valence-corrected chi connectivity index (χ1v) is 9.32. The number of carbonyl (C=O) groups is 4. The van der Waals surface area contributed by atoms with Gasteiger partial charge in [0.15, 0.2) is 5.78 Å². The minimum atomic E-state index is -0.804. The molecule has 27 heavy (non-hydrogen) atoms. The molecular weight excluding hydrogens is 368 g/mol. The van der Waals surface area contributed by atoms with Crippen LogP contribution in [0.1, 0.15) is 38.2 Å². The van der Waals surface area contributed by atoms with Crippen molar-refractivity contribution in [3.8, 4) is 5.75 Å². The lowest BCUT2D eigenvalue weighted by Gasteiger charge is -2.16. The third-order valence-electron chi connectivity index (χ3n) is 3.94. The molecule has 7 nitrogen and oxygen atoms in total. The van der Waals surface area contributed by atoms with E-state index in [4.69, 9.17) is 10.5 Å². The molecule has 0 aliphatic rings. The van der Waals surface area contributed by atoms with E-state index in [9.17, 15) is 19.2 Å². The average Bonchev–Trinajstić information content (AvgIpc) is 2.63. The van der Waals surface area contributed by atoms with Gasteiger partial charge in [0.05, 0.1) is 18.5 Å². The summed E-state index contributed by atoms with van der Waals surface area (Å²) in [5.41, 5.74) is 6.62. The number of esters is 1. The van der Waals surface area contributed by atoms with Crippen LogP contribution in [0, 0.1) is 6.92 Å². The topological polar surface area (TPSA) is 116 Å². The molecule has 0 bridgehead atoms. The number of carbonyl (C=O) groups excluding carboxylic acids is 4. The van der Waals surface area contributed by atoms with Crippen LogP contribution in [0.5, 0.6) is 5.75 Å². The van der Waals surface area contributed by atoms with E-state index in [0.717, 1.165) is 5.56 Å². The van der Waals surface area contributed by atoms with Gasteiger partial charge in [-0.1, -0.05) is 17.7 Å². The highest BCUT2D eigenvalue weighted by atomic mass is 32.1. The van der Waals surface area contributed by atoms with Gasteiger partial charge in [0.1, 0.15) is 11.5 Å². The minimum Gasteiger partial charge on any atom is -0.427 e. The molecule has 148 valence electrons. The molecular formula is C19H26N2O5S. The lowest BCUT2D eigenvalue weighted by molar-refractivity contribution is -0.136. The maximum atomic E-state index is 12.2. The van der Waals surface area contributed by atoms with Crippen LogP contribution in [0.2, 0.25) is 0 Å². The second kappa shape index (κ2) is 11.5. The normalized spacial score (nSPS) is 12.7. The zero-order valence-corrected chi connectivity index (χ0v) is 16.5. The number of hydrogen-bond acceptors (Lipinski definition) is 7. The smallest absolute Gasteiger partial charge is 0.311 e. The summed E-state index contributed by atoms with van der Waals surface area (Å²) in [6, 6.07) is 5.49. The number of thiol groups is 1. The van der Waals surface area contributed by atoms with Crippen LogP contribution >= 0.6 is 12.6 Å². The molecule has 0 saturated heterocycles. The lowest BCUT2D eigenvalue weighted by atomic mass is 10.1. The van der Waals surface area contributed by atoms with Gasteiger partial charge in [-0.05, 0) is 32.4 Å². The minimum absolute atomic E-state index is 0.0355. The van der Waals surface area contributed by atoms with Crippen LogP contribution in [0.3, 0.4) is 0 Å². The van der Waals surface area contributed by atoms with Gasteiger partial charge in [-0.15, -0.1) is 0 Å². The summed E-state index contributed by atoms with van der Waals surface area (Å²) in [6.07, 6.45) is 0.0799. The number of ketones is 2. The Morgan fingerprint density at radius 3 is 2.30 bits per heavy atom. The Labute approximate surface area is 164 Å². The molecule has 1 rings (SSSR count). The van der Waals surface area contributed by atoms with Crippen LogP contribution in [0.25, 0.3) is 0 Å². The van der Waals surface area contributed by atoms with Crippen LogP contribution in [-0.4, -0.2) is 41.3 Å². The molecule has 0 aliphatic carbocycles. The summed E-state index contributed by atoms with van der Waals surface area (Å²) in [5.74, 6) is -0.896. The molecule has 0 aromatic heterocycles. The summed E-state index contributed by atoms with van der Waals surface area (Å²) >= 11 is 4.07. The van der Waals surface area contributed by atoms with Gasteiger partial charge in [0, 0.05) is 18.6 Å². The van der Waals surface area contributed by atoms with Crippen LogP contribution in [0.4, 0.5) is 0 Å². The Balaban J connectivity index is 2.41. The summed E-state index contributed by atoms with van der Waals surface area (Å²) in [6.45, 7) is 3.28. The fourth-order valence-electron chi connectivity index (χ4n) is 2.17. The van der Waals surface area contributed by atoms with E-state index in [-0.39, 0.29) is 48.9 Å². The van der Waals surface area contributed by atoms with Crippen molar-refractivity contribution in [3.63, 3.8) is 0 Å². The second-order valence-electron chi connectivity index (χ2n) is 6.31. The largest absolute Gasteiger partial charge is 0.427 e. The zero-order valence-electron chi connectivity index (χ0n) is 15.6. The Morgan fingerprint density at radius 2 is 1.74 bits per heavy atom. The molecule has 8 heteroatoms. The lowest BCUT2D eigenvalue weighted by Crippen LogP contribution is -2.43. The monoisotopic (exact) mass is 394 g/mol. The van der Waals surface area contributed by atoms with Crippen LogP contribution in [-0.2, 0) is 19.2 Å². The molecule has 2 atom stereocenters. The summed E-state index contributed by atoms with van der Waals surface area (Å²) in [5, 5.41) is 2.56. The Bertz CT molecular complexity index is 675. The van der Waals surface area contributed by atoms with Crippen LogP contribution in [0.15, 0.2) is 24.3 Å². The Morgan fingerprint density at radius 1 is 1.11 bits per heavy atom. The van der Waals surface area contributed by atoms with Gasteiger partial charge in [0.25, 0.3) is 0 Å². The molecule has 1 amide bonds. The molecule has 0 radical (unpaired) electrons. The number of aryl methyl sites for hydroxylation is 1. The number of benzene rings is 1. The van der Waals surface area contributed by atoms with Gasteiger partial charge in [0.2, 0.25) is 5.91 Å². The Kier molecular flexibility index (Phi) is 9.74.